The second-order valence-electron chi connectivity index (χ2n) is 2.90. The standard InChI is InChI=1S/C9H12BNO/c1-7(12)11-6-8-3-2-4-9(10)5-8/h2-5H,6,10H2,1H3,(H,11,12). The molecule has 12 heavy (non-hydrogen) atoms. The van der Waals surface area contributed by atoms with Gasteiger partial charge < -0.3 is 5.32 Å². The first-order valence-corrected chi connectivity index (χ1v) is 3.98. The predicted molar refractivity (Wildman–Crippen MR) is 52.1 cm³/mol. The second kappa shape index (κ2) is 3.95. The van der Waals surface area contributed by atoms with Gasteiger partial charge >= 0.3 is 0 Å². The molecule has 0 aliphatic rings. The third-order valence-electron chi connectivity index (χ3n) is 1.62. The van der Waals surface area contributed by atoms with E-state index in [0.717, 1.165) is 5.56 Å². The van der Waals surface area contributed by atoms with Crippen molar-refractivity contribution in [2.45, 2.75) is 13.5 Å². The van der Waals surface area contributed by atoms with E-state index in [1.807, 2.05) is 26.0 Å². The number of carbonyl (C=O) groups is 1. The van der Waals surface area contributed by atoms with E-state index in [4.69, 9.17) is 0 Å². The van der Waals surface area contributed by atoms with Crippen LogP contribution < -0.4 is 10.8 Å². The minimum absolute atomic E-state index is 0.0107. The average Bonchev–Trinajstić information content (AvgIpc) is 2.01. The van der Waals surface area contributed by atoms with Crippen molar-refractivity contribution >= 4 is 19.2 Å². The van der Waals surface area contributed by atoms with Gasteiger partial charge in [-0.05, 0) is 5.56 Å². The maximum absolute atomic E-state index is 10.6. The summed E-state index contributed by atoms with van der Waals surface area (Å²) in [6, 6.07) is 8.10. The van der Waals surface area contributed by atoms with Gasteiger partial charge in [-0.1, -0.05) is 29.7 Å². The molecular formula is C9H12BNO. The summed E-state index contributed by atoms with van der Waals surface area (Å²) < 4.78 is 0. The fraction of sp³-hybridized carbons (Fsp3) is 0.222. The molecule has 3 heteroatoms. The van der Waals surface area contributed by atoms with Gasteiger partial charge in [-0.2, -0.15) is 0 Å². The van der Waals surface area contributed by atoms with Crippen molar-refractivity contribution in [3.63, 3.8) is 0 Å². The van der Waals surface area contributed by atoms with Crippen molar-refractivity contribution < 1.29 is 4.79 Å². The molecule has 0 unspecified atom stereocenters. The van der Waals surface area contributed by atoms with E-state index in [1.165, 1.54) is 12.4 Å². The molecule has 62 valence electrons. The molecular weight excluding hydrogens is 149 g/mol. The summed E-state index contributed by atoms with van der Waals surface area (Å²) in [7, 11) is 2.04. The van der Waals surface area contributed by atoms with Gasteiger partial charge in [-0.15, -0.1) is 0 Å². The average molecular weight is 161 g/mol. The van der Waals surface area contributed by atoms with Crippen LogP contribution in [0.4, 0.5) is 0 Å². The Bertz CT molecular complexity index is 286. The third kappa shape index (κ3) is 2.78. The van der Waals surface area contributed by atoms with Gasteiger partial charge in [0.2, 0.25) is 5.91 Å². The van der Waals surface area contributed by atoms with E-state index >= 15 is 0 Å². The highest BCUT2D eigenvalue weighted by Gasteiger charge is 1.93. The van der Waals surface area contributed by atoms with E-state index < -0.39 is 0 Å². The summed E-state index contributed by atoms with van der Waals surface area (Å²) in [6.07, 6.45) is 0. The number of rotatable bonds is 2. The van der Waals surface area contributed by atoms with Crippen LogP contribution in [0.1, 0.15) is 12.5 Å². The molecule has 0 aliphatic carbocycles. The number of amides is 1. The van der Waals surface area contributed by atoms with Gasteiger partial charge in [-0.3, -0.25) is 4.79 Å². The van der Waals surface area contributed by atoms with Crippen LogP contribution in [0.3, 0.4) is 0 Å². The summed E-state index contributed by atoms with van der Waals surface area (Å²) in [6.45, 7) is 2.15. The van der Waals surface area contributed by atoms with Crippen molar-refractivity contribution in [1.29, 1.82) is 0 Å². The Balaban J connectivity index is 2.57. The van der Waals surface area contributed by atoms with Gasteiger partial charge in [0.25, 0.3) is 0 Å². The lowest BCUT2D eigenvalue weighted by atomic mass is 9.94. The molecule has 0 atom stereocenters. The van der Waals surface area contributed by atoms with E-state index in [1.54, 1.807) is 0 Å². The molecule has 1 amide bonds. The van der Waals surface area contributed by atoms with Crippen LogP contribution in [0.5, 0.6) is 0 Å². The Kier molecular flexibility index (Phi) is 2.91. The minimum atomic E-state index is 0.0107. The van der Waals surface area contributed by atoms with E-state index in [-0.39, 0.29) is 5.91 Å². The van der Waals surface area contributed by atoms with Crippen molar-refractivity contribution in [1.82, 2.24) is 5.32 Å². The smallest absolute Gasteiger partial charge is 0.217 e. The lowest BCUT2D eigenvalue weighted by Crippen LogP contribution is -2.19. The molecule has 1 rings (SSSR count). The Morgan fingerprint density at radius 1 is 1.58 bits per heavy atom. The summed E-state index contributed by atoms with van der Waals surface area (Å²) in [5.74, 6) is 0.0107. The Labute approximate surface area is 73.4 Å². The first-order valence-electron chi connectivity index (χ1n) is 3.98. The first-order chi connectivity index (χ1) is 5.68. The maximum Gasteiger partial charge on any atom is 0.217 e. The van der Waals surface area contributed by atoms with Gasteiger partial charge in [-0.25, -0.2) is 0 Å². The molecule has 0 saturated heterocycles. The zero-order chi connectivity index (χ0) is 8.97. The molecule has 0 radical (unpaired) electrons. The van der Waals surface area contributed by atoms with Crippen LogP contribution in [-0.4, -0.2) is 13.8 Å². The van der Waals surface area contributed by atoms with Crippen LogP contribution >= 0.6 is 0 Å². The fourth-order valence-corrected chi connectivity index (χ4v) is 1.05. The van der Waals surface area contributed by atoms with Gasteiger partial charge in [0.05, 0.1) is 0 Å². The molecule has 1 N–H and O–H groups in total. The number of carbonyl (C=O) groups excluding carboxylic acids is 1. The molecule has 0 heterocycles. The molecule has 0 aliphatic heterocycles. The van der Waals surface area contributed by atoms with E-state index in [2.05, 4.69) is 11.4 Å². The summed E-state index contributed by atoms with van der Waals surface area (Å²) in [5.41, 5.74) is 2.36. The topological polar surface area (TPSA) is 29.1 Å². The number of nitrogens with one attached hydrogen (secondary N) is 1. The first kappa shape index (κ1) is 8.85. The Morgan fingerprint density at radius 2 is 2.33 bits per heavy atom. The van der Waals surface area contributed by atoms with Crippen molar-refractivity contribution in [2.24, 2.45) is 0 Å². The Morgan fingerprint density at radius 3 is 2.92 bits per heavy atom. The number of hydrogen-bond acceptors (Lipinski definition) is 1. The molecule has 0 saturated carbocycles. The minimum Gasteiger partial charge on any atom is -0.352 e. The normalized spacial score (nSPS) is 9.42. The zero-order valence-electron chi connectivity index (χ0n) is 7.42. The van der Waals surface area contributed by atoms with Crippen LogP contribution in [-0.2, 0) is 11.3 Å². The lowest BCUT2D eigenvalue weighted by Gasteiger charge is -2.02. The second-order valence-corrected chi connectivity index (χ2v) is 2.90. The highest BCUT2D eigenvalue weighted by Crippen LogP contribution is 1.94. The molecule has 2 nitrogen and oxygen atoms in total. The molecule has 0 aromatic heterocycles. The maximum atomic E-state index is 10.6. The van der Waals surface area contributed by atoms with Crippen molar-refractivity contribution in [2.75, 3.05) is 0 Å². The number of hydrogen-bond donors (Lipinski definition) is 1. The monoisotopic (exact) mass is 161 g/mol. The Hall–Kier alpha value is -1.25. The molecule has 0 spiro atoms. The lowest BCUT2D eigenvalue weighted by molar-refractivity contribution is -0.119. The highest BCUT2D eigenvalue weighted by molar-refractivity contribution is 6.32. The molecule has 1 aromatic carbocycles. The van der Waals surface area contributed by atoms with Gasteiger partial charge in [0, 0.05) is 13.5 Å². The third-order valence-corrected chi connectivity index (χ3v) is 1.62. The number of benzene rings is 1. The van der Waals surface area contributed by atoms with Crippen molar-refractivity contribution in [3.05, 3.63) is 29.8 Å². The summed E-state index contributed by atoms with van der Waals surface area (Å²) in [5, 5.41) is 2.75. The SMILES string of the molecule is Bc1cccc(CNC(C)=O)c1. The molecule has 0 fully saturated rings. The highest BCUT2D eigenvalue weighted by atomic mass is 16.1. The van der Waals surface area contributed by atoms with Gasteiger partial charge in [0.15, 0.2) is 0 Å². The van der Waals surface area contributed by atoms with Crippen LogP contribution in [0.2, 0.25) is 0 Å². The predicted octanol–water partition coefficient (Wildman–Crippen LogP) is -0.419. The van der Waals surface area contributed by atoms with E-state index in [0.29, 0.717) is 6.54 Å². The summed E-state index contributed by atoms with van der Waals surface area (Å²) in [4.78, 5) is 10.6. The largest absolute Gasteiger partial charge is 0.352 e. The molecule has 0 bridgehead atoms. The molecule has 1 aromatic rings. The fourth-order valence-electron chi connectivity index (χ4n) is 1.05. The van der Waals surface area contributed by atoms with Gasteiger partial charge in [0.1, 0.15) is 7.85 Å². The van der Waals surface area contributed by atoms with Crippen molar-refractivity contribution in [3.8, 4) is 0 Å². The van der Waals surface area contributed by atoms with Crippen LogP contribution in [0.15, 0.2) is 24.3 Å². The quantitative estimate of drug-likeness (QED) is 0.586. The zero-order valence-corrected chi connectivity index (χ0v) is 7.42. The van der Waals surface area contributed by atoms with E-state index in [9.17, 15) is 4.79 Å². The van der Waals surface area contributed by atoms with Crippen LogP contribution in [0, 0.1) is 0 Å². The van der Waals surface area contributed by atoms with Crippen LogP contribution in [0.25, 0.3) is 0 Å². The summed E-state index contributed by atoms with van der Waals surface area (Å²) >= 11 is 0.